The van der Waals surface area contributed by atoms with Gasteiger partial charge in [0.15, 0.2) is 0 Å². The maximum atomic E-state index is 5.48. The van der Waals surface area contributed by atoms with Gasteiger partial charge in [-0.25, -0.2) is 0 Å². The Morgan fingerprint density at radius 3 is 2.56 bits per heavy atom. The molecule has 0 radical (unpaired) electrons. The van der Waals surface area contributed by atoms with Crippen molar-refractivity contribution in [2.75, 3.05) is 18.0 Å². The molecule has 0 fully saturated rings. The molecule has 5 heteroatoms. The van der Waals surface area contributed by atoms with E-state index in [1.807, 2.05) is 18.2 Å². The summed E-state index contributed by atoms with van der Waals surface area (Å²) < 4.78 is 5.07. The van der Waals surface area contributed by atoms with Crippen LogP contribution in [0.25, 0.3) is 11.4 Å². The van der Waals surface area contributed by atoms with Gasteiger partial charge in [-0.3, -0.25) is 0 Å². The summed E-state index contributed by atoms with van der Waals surface area (Å²) in [6.45, 7) is 6.40. The minimum Gasteiger partial charge on any atom is -0.371 e. The molecule has 2 rings (SSSR count). The largest absolute Gasteiger partial charge is 0.371 e. The molecule has 2 N–H and O–H groups in total. The van der Waals surface area contributed by atoms with Gasteiger partial charge in [0.05, 0.1) is 6.54 Å². The van der Waals surface area contributed by atoms with E-state index in [-0.39, 0.29) is 6.54 Å². The van der Waals surface area contributed by atoms with Gasteiger partial charge in [-0.05, 0) is 26.0 Å². The van der Waals surface area contributed by atoms with E-state index in [0.29, 0.717) is 11.7 Å². The lowest BCUT2D eigenvalue weighted by molar-refractivity contribution is 0.380. The highest BCUT2D eigenvalue weighted by molar-refractivity contribution is 5.74. The lowest BCUT2D eigenvalue weighted by Crippen LogP contribution is -2.22. The molecule has 0 unspecified atom stereocenters. The van der Waals surface area contributed by atoms with Crippen molar-refractivity contribution in [3.8, 4) is 11.4 Å². The third-order valence-corrected chi connectivity index (χ3v) is 2.89. The number of hydrogen-bond acceptors (Lipinski definition) is 5. The zero-order chi connectivity index (χ0) is 13.0. The third-order valence-electron chi connectivity index (χ3n) is 2.89. The van der Waals surface area contributed by atoms with Crippen molar-refractivity contribution in [1.29, 1.82) is 0 Å². The Balaban J connectivity index is 2.43. The lowest BCUT2D eigenvalue weighted by Gasteiger charge is -2.22. The van der Waals surface area contributed by atoms with E-state index in [2.05, 4.69) is 35.0 Å². The Bertz CT molecular complexity index is 505. The van der Waals surface area contributed by atoms with Crippen LogP contribution in [0.1, 0.15) is 19.7 Å². The van der Waals surface area contributed by atoms with Crippen LogP contribution in [0.3, 0.4) is 0 Å². The summed E-state index contributed by atoms with van der Waals surface area (Å²) in [4.78, 5) is 6.54. The molecule has 1 aromatic carbocycles. The van der Waals surface area contributed by atoms with E-state index in [1.165, 1.54) is 0 Å². The van der Waals surface area contributed by atoms with E-state index >= 15 is 0 Å². The van der Waals surface area contributed by atoms with Gasteiger partial charge in [0, 0.05) is 24.3 Å². The predicted octanol–water partition coefficient (Wildman–Crippen LogP) is 2.04. The smallest absolute Gasteiger partial charge is 0.240 e. The summed E-state index contributed by atoms with van der Waals surface area (Å²) >= 11 is 0. The minimum atomic E-state index is 0.264. The first-order chi connectivity index (χ1) is 8.80. The fourth-order valence-electron chi connectivity index (χ4n) is 1.95. The second kappa shape index (κ2) is 5.64. The molecule has 1 heterocycles. The summed E-state index contributed by atoms with van der Waals surface area (Å²) in [5, 5.41) is 3.98. The fraction of sp³-hybridized carbons (Fsp3) is 0.385. The maximum Gasteiger partial charge on any atom is 0.240 e. The molecule has 0 saturated heterocycles. The molecular weight excluding hydrogens is 228 g/mol. The van der Waals surface area contributed by atoms with Crippen molar-refractivity contribution < 1.29 is 4.52 Å². The summed E-state index contributed by atoms with van der Waals surface area (Å²) in [7, 11) is 0. The lowest BCUT2D eigenvalue weighted by atomic mass is 10.1. The van der Waals surface area contributed by atoms with Gasteiger partial charge in [0.2, 0.25) is 11.7 Å². The predicted molar refractivity (Wildman–Crippen MR) is 71.2 cm³/mol. The number of rotatable bonds is 5. The molecule has 2 aromatic rings. The zero-order valence-electron chi connectivity index (χ0n) is 10.8. The molecule has 0 aliphatic carbocycles. The number of benzene rings is 1. The van der Waals surface area contributed by atoms with Gasteiger partial charge >= 0.3 is 0 Å². The molecule has 0 aliphatic heterocycles. The van der Waals surface area contributed by atoms with Gasteiger partial charge < -0.3 is 15.2 Å². The monoisotopic (exact) mass is 246 g/mol. The van der Waals surface area contributed by atoms with Gasteiger partial charge in [-0.15, -0.1) is 0 Å². The Hall–Kier alpha value is -1.88. The Morgan fingerprint density at radius 2 is 1.94 bits per heavy atom. The van der Waals surface area contributed by atoms with Crippen LogP contribution in [0.4, 0.5) is 5.69 Å². The van der Waals surface area contributed by atoms with Crippen LogP contribution in [-0.4, -0.2) is 23.2 Å². The average molecular weight is 246 g/mol. The molecule has 5 nitrogen and oxygen atoms in total. The molecule has 18 heavy (non-hydrogen) atoms. The molecule has 0 spiro atoms. The average Bonchev–Trinajstić information content (AvgIpc) is 2.89. The summed E-state index contributed by atoms with van der Waals surface area (Å²) in [6, 6.07) is 8.06. The van der Waals surface area contributed by atoms with Crippen LogP contribution in [0.15, 0.2) is 28.8 Å². The van der Waals surface area contributed by atoms with Gasteiger partial charge in [0.25, 0.3) is 0 Å². The second-order valence-electron chi connectivity index (χ2n) is 3.91. The molecule has 0 bridgehead atoms. The minimum absolute atomic E-state index is 0.264. The van der Waals surface area contributed by atoms with Crippen molar-refractivity contribution in [3.63, 3.8) is 0 Å². The maximum absolute atomic E-state index is 5.48. The Labute approximate surface area is 107 Å². The summed E-state index contributed by atoms with van der Waals surface area (Å²) in [6.07, 6.45) is 0. The van der Waals surface area contributed by atoms with Crippen molar-refractivity contribution in [1.82, 2.24) is 10.1 Å². The highest BCUT2D eigenvalue weighted by Crippen LogP contribution is 2.28. The fourth-order valence-corrected chi connectivity index (χ4v) is 1.95. The van der Waals surface area contributed by atoms with Gasteiger partial charge in [0.1, 0.15) is 0 Å². The first kappa shape index (κ1) is 12.6. The molecule has 1 aromatic heterocycles. The number of nitrogens with zero attached hydrogens (tertiary/aromatic N) is 3. The SMILES string of the molecule is CCN(CC)c1ccccc1-c1noc(CN)n1. The molecule has 0 aliphatic rings. The van der Waals surface area contributed by atoms with Gasteiger partial charge in [-0.1, -0.05) is 17.3 Å². The Morgan fingerprint density at radius 1 is 1.22 bits per heavy atom. The van der Waals surface area contributed by atoms with Crippen LogP contribution in [0, 0.1) is 0 Å². The summed E-state index contributed by atoms with van der Waals surface area (Å²) in [5.41, 5.74) is 7.58. The highest BCUT2D eigenvalue weighted by Gasteiger charge is 2.14. The summed E-state index contributed by atoms with van der Waals surface area (Å²) in [5.74, 6) is 1.05. The van der Waals surface area contributed by atoms with Crippen molar-refractivity contribution in [2.45, 2.75) is 20.4 Å². The van der Waals surface area contributed by atoms with Crippen LogP contribution in [0.5, 0.6) is 0 Å². The normalized spacial score (nSPS) is 10.6. The van der Waals surface area contributed by atoms with Gasteiger partial charge in [-0.2, -0.15) is 4.98 Å². The van der Waals surface area contributed by atoms with E-state index in [9.17, 15) is 0 Å². The number of nitrogens with two attached hydrogens (primary N) is 1. The number of anilines is 1. The molecule has 0 saturated carbocycles. The molecule has 0 amide bonds. The van der Waals surface area contributed by atoms with Crippen LogP contribution >= 0.6 is 0 Å². The van der Waals surface area contributed by atoms with Crippen LogP contribution < -0.4 is 10.6 Å². The first-order valence-electron chi connectivity index (χ1n) is 6.17. The molecular formula is C13H18N4O. The van der Waals surface area contributed by atoms with Crippen molar-refractivity contribution >= 4 is 5.69 Å². The number of hydrogen-bond donors (Lipinski definition) is 1. The van der Waals surface area contributed by atoms with Crippen molar-refractivity contribution in [3.05, 3.63) is 30.2 Å². The number of aromatic nitrogens is 2. The van der Waals surface area contributed by atoms with Crippen LogP contribution in [-0.2, 0) is 6.54 Å². The third kappa shape index (κ3) is 2.36. The number of para-hydroxylation sites is 1. The molecule has 96 valence electrons. The van der Waals surface area contributed by atoms with Crippen molar-refractivity contribution in [2.24, 2.45) is 5.73 Å². The van der Waals surface area contributed by atoms with E-state index < -0.39 is 0 Å². The second-order valence-corrected chi connectivity index (χ2v) is 3.91. The topological polar surface area (TPSA) is 68.2 Å². The standard InChI is InChI=1S/C13H18N4O/c1-3-17(4-2)11-8-6-5-7-10(11)13-15-12(9-14)18-16-13/h5-8H,3-4,9,14H2,1-2H3. The molecule has 0 atom stereocenters. The zero-order valence-corrected chi connectivity index (χ0v) is 10.8. The Kier molecular flexibility index (Phi) is 3.94. The quantitative estimate of drug-likeness (QED) is 0.874. The van der Waals surface area contributed by atoms with E-state index in [1.54, 1.807) is 0 Å². The van der Waals surface area contributed by atoms with E-state index in [4.69, 9.17) is 10.3 Å². The first-order valence-corrected chi connectivity index (χ1v) is 6.17. The highest BCUT2D eigenvalue weighted by atomic mass is 16.5. The van der Waals surface area contributed by atoms with E-state index in [0.717, 1.165) is 24.3 Å². The van der Waals surface area contributed by atoms with Crippen LogP contribution in [0.2, 0.25) is 0 Å².